The quantitative estimate of drug-likeness (QED) is 0.594. The zero-order chi connectivity index (χ0) is 11.3. The molecule has 1 N–H and O–H groups in total. The number of nitrogens with one attached hydrogen (secondary N) is 1. The van der Waals surface area contributed by atoms with Crippen molar-refractivity contribution in [2.45, 2.75) is 33.7 Å². The monoisotopic (exact) mass is 204 g/mol. The van der Waals surface area contributed by atoms with Gasteiger partial charge in [-0.1, -0.05) is 25.1 Å². The molecule has 2 heteroatoms. The van der Waals surface area contributed by atoms with Gasteiger partial charge in [0.2, 0.25) is 0 Å². The molecule has 0 bridgehead atoms. The van der Waals surface area contributed by atoms with E-state index in [-0.39, 0.29) is 0 Å². The molecule has 0 spiro atoms. The Labute approximate surface area is 92.4 Å². The van der Waals surface area contributed by atoms with E-state index in [1.807, 2.05) is 6.92 Å². The van der Waals surface area contributed by atoms with Gasteiger partial charge in [0, 0.05) is 13.6 Å². The van der Waals surface area contributed by atoms with Gasteiger partial charge in [0.15, 0.2) is 0 Å². The first-order chi connectivity index (χ1) is 7.17. The Morgan fingerprint density at radius 3 is 2.73 bits per heavy atom. The average Bonchev–Trinajstić information content (AvgIpc) is 2.27. The van der Waals surface area contributed by atoms with Crippen LogP contribution in [0.3, 0.4) is 0 Å². The first-order valence-corrected chi connectivity index (χ1v) is 5.43. The second-order valence-electron chi connectivity index (χ2n) is 3.78. The normalized spacial score (nSPS) is 11.6. The molecule has 0 unspecified atom stereocenters. The Morgan fingerprint density at radius 2 is 2.13 bits per heavy atom. The molecular formula is C13H20N2. The molecule has 0 fully saturated rings. The van der Waals surface area contributed by atoms with Crippen LogP contribution in [-0.4, -0.2) is 12.9 Å². The van der Waals surface area contributed by atoms with Crippen LogP contribution in [0.2, 0.25) is 0 Å². The fourth-order valence-electron chi connectivity index (χ4n) is 1.52. The highest BCUT2D eigenvalue weighted by Gasteiger charge is 1.98. The molecule has 1 aromatic carbocycles. The molecule has 0 aliphatic rings. The molecule has 15 heavy (non-hydrogen) atoms. The number of amidine groups is 1. The highest BCUT2D eigenvalue weighted by molar-refractivity contribution is 5.79. The lowest BCUT2D eigenvalue weighted by Crippen LogP contribution is -2.19. The van der Waals surface area contributed by atoms with E-state index in [2.05, 4.69) is 42.4 Å². The number of aryl methyl sites for hydroxylation is 2. The summed E-state index contributed by atoms with van der Waals surface area (Å²) in [6.07, 6.45) is 1.10. The number of rotatable bonds is 3. The van der Waals surface area contributed by atoms with E-state index in [1.165, 1.54) is 16.7 Å². The summed E-state index contributed by atoms with van der Waals surface area (Å²) in [5.41, 5.74) is 4.13. The molecule has 1 aromatic rings. The number of benzene rings is 1. The second kappa shape index (κ2) is 5.54. The van der Waals surface area contributed by atoms with Gasteiger partial charge in [0.05, 0.1) is 5.84 Å². The fraction of sp³-hybridized carbons (Fsp3) is 0.462. The van der Waals surface area contributed by atoms with Crippen LogP contribution >= 0.6 is 0 Å². The van der Waals surface area contributed by atoms with Gasteiger partial charge in [0.1, 0.15) is 0 Å². The van der Waals surface area contributed by atoms with E-state index in [0.717, 1.165) is 18.8 Å². The van der Waals surface area contributed by atoms with Gasteiger partial charge in [-0.25, -0.2) is 0 Å². The molecule has 82 valence electrons. The Morgan fingerprint density at radius 1 is 1.40 bits per heavy atom. The Balaban J connectivity index is 2.70. The molecule has 2 nitrogen and oxygen atoms in total. The number of nitrogens with zero attached hydrogens (tertiary/aromatic N) is 1. The van der Waals surface area contributed by atoms with E-state index in [1.54, 1.807) is 7.05 Å². The summed E-state index contributed by atoms with van der Waals surface area (Å²) in [4.78, 5) is 4.07. The van der Waals surface area contributed by atoms with Gasteiger partial charge in [-0.3, -0.25) is 4.99 Å². The lowest BCUT2D eigenvalue weighted by Gasteiger charge is -2.08. The Hall–Kier alpha value is -1.31. The average molecular weight is 204 g/mol. The topological polar surface area (TPSA) is 24.4 Å². The van der Waals surface area contributed by atoms with Gasteiger partial charge >= 0.3 is 0 Å². The van der Waals surface area contributed by atoms with Gasteiger partial charge in [-0.15, -0.1) is 0 Å². The van der Waals surface area contributed by atoms with Crippen molar-refractivity contribution in [3.8, 4) is 0 Å². The third kappa shape index (κ3) is 3.39. The van der Waals surface area contributed by atoms with E-state index >= 15 is 0 Å². The van der Waals surface area contributed by atoms with Crippen molar-refractivity contribution in [3.05, 3.63) is 34.9 Å². The van der Waals surface area contributed by atoms with Gasteiger partial charge in [-0.2, -0.15) is 0 Å². The molecule has 0 heterocycles. The van der Waals surface area contributed by atoms with Crippen LogP contribution in [-0.2, 0) is 13.0 Å². The van der Waals surface area contributed by atoms with Gasteiger partial charge in [0.25, 0.3) is 0 Å². The van der Waals surface area contributed by atoms with Crippen molar-refractivity contribution in [1.82, 2.24) is 5.32 Å². The van der Waals surface area contributed by atoms with Crippen LogP contribution < -0.4 is 5.32 Å². The molecule has 0 aliphatic heterocycles. The number of hydrogen-bond donors (Lipinski definition) is 1. The molecular weight excluding hydrogens is 184 g/mol. The minimum atomic E-state index is 0.858. The van der Waals surface area contributed by atoms with Crippen LogP contribution in [0.5, 0.6) is 0 Å². The first-order valence-electron chi connectivity index (χ1n) is 5.43. The zero-order valence-electron chi connectivity index (χ0n) is 10.1. The van der Waals surface area contributed by atoms with Crippen molar-refractivity contribution in [1.29, 1.82) is 0 Å². The van der Waals surface area contributed by atoms with Crippen molar-refractivity contribution in [2.24, 2.45) is 4.99 Å². The standard InChI is InChI=1S/C13H20N2/c1-5-13-8-12(7-6-10(13)2)9-15-11(3)14-4/h6-8H,5,9H2,1-4H3,(H,14,15). The molecule has 0 radical (unpaired) electrons. The Bertz CT molecular complexity index is 354. The van der Waals surface area contributed by atoms with E-state index in [0.29, 0.717) is 0 Å². The summed E-state index contributed by atoms with van der Waals surface area (Å²) in [6.45, 7) is 7.19. The maximum Gasteiger partial charge on any atom is 0.0930 e. The van der Waals surface area contributed by atoms with E-state index < -0.39 is 0 Å². The second-order valence-corrected chi connectivity index (χ2v) is 3.78. The van der Waals surface area contributed by atoms with Gasteiger partial charge in [-0.05, 0) is 37.0 Å². The van der Waals surface area contributed by atoms with Crippen LogP contribution in [0.25, 0.3) is 0 Å². The predicted octanol–water partition coefficient (Wildman–Crippen LogP) is 2.70. The van der Waals surface area contributed by atoms with Crippen LogP contribution in [0, 0.1) is 6.92 Å². The lowest BCUT2D eigenvalue weighted by molar-refractivity contribution is 0.900. The van der Waals surface area contributed by atoms with Crippen molar-refractivity contribution >= 4 is 5.84 Å². The van der Waals surface area contributed by atoms with Crippen LogP contribution in [0.4, 0.5) is 0 Å². The predicted molar refractivity (Wildman–Crippen MR) is 66.4 cm³/mol. The number of hydrogen-bond acceptors (Lipinski definition) is 1. The Kier molecular flexibility index (Phi) is 4.35. The molecule has 0 aromatic heterocycles. The van der Waals surface area contributed by atoms with Crippen molar-refractivity contribution < 1.29 is 0 Å². The van der Waals surface area contributed by atoms with Crippen molar-refractivity contribution in [3.63, 3.8) is 0 Å². The van der Waals surface area contributed by atoms with Crippen LogP contribution in [0.15, 0.2) is 23.2 Å². The largest absolute Gasteiger partial charge is 0.370 e. The highest BCUT2D eigenvalue weighted by Crippen LogP contribution is 2.11. The minimum absolute atomic E-state index is 0.858. The lowest BCUT2D eigenvalue weighted by atomic mass is 10.0. The third-order valence-electron chi connectivity index (χ3n) is 2.68. The summed E-state index contributed by atoms with van der Waals surface area (Å²) < 4.78 is 0. The summed E-state index contributed by atoms with van der Waals surface area (Å²) in [7, 11) is 1.80. The summed E-state index contributed by atoms with van der Waals surface area (Å²) in [5, 5.41) is 3.27. The SMILES string of the molecule is CCc1cc(CNC(C)=NC)ccc1C. The van der Waals surface area contributed by atoms with Gasteiger partial charge < -0.3 is 5.32 Å². The first kappa shape index (κ1) is 11.8. The molecule has 0 amide bonds. The van der Waals surface area contributed by atoms with E-state index in [4.69, 9.17) is 0 Å². The molecule has 0 aliphatic carbocycles. The summed E-state index contributed by atoms with van der Waals surface area (Å²) in [5.74, 6) is 0.980. The maximum absolute atomic E-state index is 4.07. The maximum atomic E-state index is 4.07. The molecule has 0 saturated carbocycles. The fourth-order valence-corrected chi connectivity index (χ4v) is 1.52. The van der Waals surface area contributed by atoms with E-state index in [9.17, 15) is 0 Å². The smallest absolute Gasteiger partial charge is 0.0930 e. The summed E-state index contributed by atoms with van der Waals surface area (Å²) in [6, 6.07) is 6.63. The molecule has 0 saturated heterocycles. The molecule has 1 rings (SSSR count). The minimum Gasteiger partial charge on any atom is -0.370 e. The zero-order valence-corrected chi connectivity index (χ0v) is 10.1. The van der Waals surface area contributed by atoms with Crippen molar-refractivity contribution in [2.75, 3.05) is 7.05 Å². The molecule has 0 atom stereocenters. The number of aliphatic imine (C=N–C) groups is 1. The third-order valence-corrected chi connectivity index (χ3v) is 2.68. The van der Waals surface area contributed by atoms with Crippen LogP contribution in [0.1, 0.15) is 30.5 Å². The highest BCUT2D eigenvalue weighted by atomic mass is 15.0. The summed E-state index contributed by atoms with van der Waals surface area (Å²) >= 11 is 0.